The standard InChI is InChI=1S/C22H36N4O3/c1-5-23-22(26-14-11-19(12-15-26)21(27)28-4)24-17-18-7-9-20(10-8-18)29-16-6-13-25(2)3/h7-10,19H,5-6,11-17H2,1-4H3,(H,23,24). The molecule has 0 aromatic heterocycles. The molecule has 0 bridgehead atoms. The summed E-state index contributed by atoms with van der Waals surface area (Å²) in [5.74, 6) is 1.70. The van der Waals surface area contributed by atoms with Gasteiger partial charge in [-0.2, -0.15) is 0 Å². The minimum Gasteiger partial charge on any atom is -0.494 e. The summed E-state index contributed by atoms with van der Waals surface area (Å²) in [5, 5.41) is 3.37. The topological polar surface area (TPSA) is 66.4 Å². The smallest absolute Gasteiger partial charge is 0.308 e. The molecule has 1 saturated heterocycles. The number of benzene rings is 1. The van der Waals surface area contributed by atoms with Gasteiger partial charge in [-0.15, -0.1) is 0 Å². The van der Waals surface area contributed by atoms with Crippen molar-refractivity contribution in [3.05, 3.63) is 29.8 Å². The zero-order valence-electron chi connectivity index (χ0n) is 18.3. The molecular formula is C22H36N4O3. The molecule has 0 saturated carbocycles. The van der Waals surface area contributed by atoms with Gasteiger partial charge in [0, 0.05) is 26.2 Å². The molecule has 0 radical (unpaired) electrons. The minimum atomic E-state index is -0.101. The zero-order chi connectivity index (χ0) is 21.1. The summed E-state index contributed by atoms with van der Waals surface area (Å²) in [7, 11) is 5.59. The Balaban J connectivity index is 1.85. The van der Waals surface area contributed by atoms with Crippen LogP contribution in [-0.4, -0.2) is 75.7 Å². The molecule has 0 amide bonds. The van der Waals surface area contributed by atoms with Gasteiger partial charge in [-0.05, 0) is 58.0 Å². The van der Waals surface area contributed by atoms with Crippen LogP contribution in [0.2, 0.25) is 0 Å². The van der Waals surface area contributed by atoms with Crippen molar-refractivity contribution >= 4 is 11.9 Å². The van der Waals surface area contributed by atoms with Crippen LogP contribution in [0.4, 0.5) is 0 Å². The van der Waals surface area contributed by atoms with Gasteiger partial charge in [0.1, 0.15) is 5.75 Å². The molecule has 0 atom stereocenters. The lowest BCUT2D eigenvalue weighted by atomic mass is 9.97. The van der Waals surface area contributed by atoms with Crippen molar-refractivity contribution in [2.24, 2.45) is 10.9 Å². The number of hydrogen-bond acceptors (Lipinski definition) is 5. The molecule has 1 aromatic rings. The number of aliphatic imine (C=N–C) groups is 1. The van der Waals surface area contributed by atoms with Gasteiger partial charge in [0.05, 0.1) is 26.2 Å². The van der Waals surface area contributed by atoms with Crippen LogP contribution in [0.15, 0.2) is 29.3 Å². The fourth-order valence-electron chi connectivity index (χ4n) is 3.35. The van der Waals surface area contributed by atoms with Gasteiger partial charge >= 0.3 is 5.97 Å². The van der Waals surface area contributed by atoms with Crippen LogP contribution >= 0.6 is 0 Å². The van der Waals surface area contributed by atoms with E-state index in [1.54, 1.807) is 0 Å². The van der Waals surface area contributed by atoms with E-state index in [-0.39, 0.29) is 11.9 Å². The predicted octanol–water partition coefficient (Wildman–Crippen LogP) is 2.37. The average Bonchev–Trinajstić information content (AvgIpc) is 2.74. The average molecular weight is 405 g/mol. The predicted molar refractivity (Wildman–Crippen MR) is 116 cm³/mol. The van der Waals surface area contributed by atoms with E-state index in [1.165, 1.54) is 7.11 Å². The summed E-state index contributed by atoms with van der Waals surface area (Å²) in [6.07, 6.45) is 2.62. The van der Waals surface area contributed by atoms with E-state index in [9.17, 15) is 4.79 Å². The van der Waals surface area contributed by atoms with Crippen molar-refractivity contribution in [2.45, 2.75) is 32.7 Å². The number of guanidine groups is 1. The lowest BCUT2D eigenvalue weighted by Crippen LogP contribution is -2.46. The number of hydrogen-bond donors (Lipinski definition) is 1. The van der Waals surface area contributed by atoms with E-state index in [0.29, 0.717) is 6.54 Å². The Morgan fingerprint density at radius 3 is 2.52 bits per heavy atom. The third-order valence-corrected chi connectivity index (χ3v) is 5.02. The Morgan fingerprint density at radius 1 is 1.24 bits per heavy atom. The van der Waals surface area contributed by atoms with E-state index in [4.69, 9.17) is 14.5 Å². The second-order valence-corrected chi connectivity index (χ2v) is 7.60. The van der Waals surface area contributed by atoms with Gasteiger partial charge in [0.15, 0.2) is 5.96 Å². The third kappa shape index (κ3) is 7.93. The Kier molecular flexibility index (Phi) is 9.77. The molecule has 7 nitrogen and oxygen atoms in total. The van der Waals surface area contributed by atoms with E-state index in [2.05, 4.69) is 48.3 Å². The Hall–Kier alpha value is -2.28. The van der Waals surface area contributed by atoms with Crippen LogP contribution in [-0.2, 0) is 16.1 Å². The highest BCUT2D eigenvalue weighted by molar-refractivity contribution is 5.80. The van der Waals surface area contributed by atoms with Crippen LogP contribution in [0.5, 0.6) is 5.75 Å². The number of carbonyl (C=O) groups is 1. The quantitative estimate of drug-likeness (QED) is 0.295. The van der Waals surface area contributed by atoms with Crippen molar-refractivity contribution in [3.8, 4) is 5.75 Å². The molecule has 1 fully saturated rings. The summed E-state index contributed by atoms with van der Waals surface area (Å²) < 4.78 is 10.7. The molecule has 1 N–H and O–H groups in total. The molecule has 0 spiro atoms. The van der Waals surface area contributed by atoms with Crippen LogP contribution in [0.1, 0.15) is 31.7 Å². The Labute approximate surface area is 175 Å². The third-order valence-electron chi connectivity index (χ3n) is 5.02. The highest BCUT2D eigenvalue weighted by atomic mass is 16.5. The number of ether oxygens (including phenoxy) is 2. The summed E-state index contributed by atoms with van der Waals surface area (Å²) in [6, 6.07) is 8.15. The number of nitrogens with zero attached hydrogens (tertiary/aromatic N) is 3. The zero-order valence-corrected chi connectivity index (χ0v) is 18.3. The maximum atomic E-state index is 11.7. The Bertz CT molecular complexity index is 638. The van der Waals surface area contributed by atoms with Gasteiger partial charge in [-0.1, -0.05) is 12.1 Å². The van der Waals surface area contributed by atoms with Crippen molar-refractivity contribution in [1.29, 1.82) is 0 Å². The fraction of sp³-hybridized carbons (Fsp3) is 0.636. The van der Waals surface area contributed by atoms with Crippen LogP contribution < -0.4 is 10.1 Å². The van der Waals surface area contributed by atoms with Crippen LogP contribution in [0.25, 0.3) is 0 Å². The first-order valence-corrected chi connectivity index (χ1v) is 10.5. The fourth-order valence-corrected chi connectivity index (χ4v) is 3.35. The second kappa shape index (κ2) is 12.3. The molecule has 0 aliphatic carbocycles. The van der Waals surface area contributed by atoms with Crippen molar-refractivity contribution < 1.29 is 14.3 Å². The van der Waals surface area contributed by atoms with Gasteiger partial charge in [0.2, 0.25) is 0 Å². The van der Waals surface area contributed by atoms with Crippen molar-refractivity contribution in [2.75, 3.05) is 54.0 Å². The number of rotatable bonds is 9. The number of esters is 1. The Morgan fingerprint density at radius 2 is 1.93 bits per heavy atom. The highest BCUT2D eigenvalue weighted by Gasteiger charge is 2.26. The van der Waals surface area contributed by atoms with E-state index < -0.39 is 0 Å². The SMILES string of the molecule is CCNC(=NCc1ccc(OCCCN(C)C)cc1)N1CCC(C(=O)OC)CC1. The molecule has 29 heavy (non-hydrogen) atoms. The first-order chi connectivity index (χ1) is 14.0. The largest absolute Gasteiger partial charge is 0.494 e. The molecule has 7 heteroatoms. The molecule has 1 aliphatic heterocycles. The van der Waals surface area contributed by atoms with Crippen molar-refractivity contribution in [3.63, 3.8) is 0 Å². The van der Waals surface area contributed by atoms with E-state index in [0.717, 1.165) is 69.3 Å². The maximum Gasteiger partial charge on any atom is 0.308 e. The van der Waals surface area contributed by atoms with Crippen LogP contribution in [0, 0.1) is 5.92 Å². The molecule has 2 rings (SSSR count). The number of likely N-dealkylation sites (tertiary alicyclic amines) is 1. The number of carbonyl (C=O) groups excluding carboxylic acids is 1. The summed E-state index contributed by atoms with van der Waals surface area (Å²) in [4.78, 5) is 20.9. The monoisotopic (exact) mass is 404 g/mol. The molecule has 0 unspecified atom stereocenters. The summed E-state index contributed by atoms with van der Waals surface area (Å²) in [6.45, 7) is 6.87. The van der Waals surface area contributed by atoms with E-state index >= 15 is 0 Å². The minimum absolute atomic E-state index is 0.00407. The number of methoxy groups -OCH3 is 1. The van der Waals surface area contributed by atoms with Gasteiger partial charge < -0.3 is 24.6 Å². The molecular weight excluding hydrogens is 368 g/mol. The molecule has 1 aliphatic rings. The lowest BCUT2D eigenvalue weighted by Gasteiger charge is -2.33. The van der Waals surface area contributed by atoms with Gasteiger partial charge in [0.25, 0.3) is 0 Å². The summed E-state index contributed by atoms with van der Waals surface area (Å²) >= 11 is 0. The maximum absolute atomic E-state index is 11.7. The van der Waals surface area contributed by atoms with E-state index in [1.807, 2.05) is 12.1 Å². The first-order valence-electron chi connectivity index (χ1n) is 10.5. The molecule has 162 valence electrons. The number of piperidine rings is 1. The van der Waals surface area contributed by atoms with Crippen LogP contribution in [0.3, 0.4) is 0 Å². The van der Waals surface area contributed by atoms with Gasteiger partial charge in [-0.25, -0.2) is 4.99 Å². The normalized spacial score (nSPS) is 15.5. The molecule has 1 heterocycles. The first kappa shape index (κ1) is 23.0. The molecule has 1 aromatic carbocycles. The summed E-state index contributed by atoms with van der Waals surface area (Å²) in [5.41, 5.74) is 1.14. The highest BCUT2D eigenvalue weighted by Crippen LogP contribution is 2.19. The van der Waals surface area contributed by atoms with Gasteiger partial charge in [-0.3, -0.25) is 4.79 Å². The second-order valence-electron chi connectivity index (χ2n) is 7.60. The number of nitrogens with one attached hydrogen (secondary N) is 1. The lowest BCUT2D eigenvalue weighted by molar-refractivity contribution is -0.146. The van der Waals surface area contributed by atoms with Crippen molar-refractivity contribution in [1.82, 2.24) is 15.1 Å².